The Labute approximate surface area is 279 Å². The van der Waals surface area contributed by atoms with Gasteiger partial charge in [0.15, 0.2) is 0 Å². The van der Waals surface area contributed by atoms with Gasteiger partial charge in [-0.25, -0.2) is 0 Å². The van der Waals surface area contributed by atoms with Crippen molar-refractivity contribution < 1.29 is 23.8 Å². The Kier molecular flexibility index (Phi) is 9.28. The van der Waals surface area contributed by atoms with E-state index in [4.69, 9.17) is 13.9 Å². The van der Waals surface area contributed by atoms with E-state index in [0.29, 0.717) is 25.3 Å². The molecular formula is C38H41NO5SeSi. The van der Waals surface area contributed by atoms with Gasteiger partial charge in [-0.1, -0.05) is 0 Å². The van der Waals surface area contributed by atoms with Crippen LogP contribution in [0.25, 0.3) is 0 Å². The van der Waals surface area contributed by atoms with Crippen LogP contribution in [0.4, 0.5) is 0 Å². The van der Waals surface area contributed by atoms with E-state index in [1.807, 2.05) is 54.6 Å². The van der Waals surface area contributed by atoms with E-state index in [1.54, 1.807) is 12.0 Å². The zero-order valence-corrected chi connectivity index (χ0v) is 29.5. The normalized spacial score (nSPS) is 20.0. The molecule has 1 fully saturated rings. The Balaban J connectivity index is 1.26. The molecule has 0 radical (unpaired) electrons. The minimum absolute atomic E-state index is 0.116. The second-order valence-electron chi connectivity index (χ2n) is 13.0. The summed E-state index contributed by atoms with van der Waals surface area (Å²) in [5.74, 6) is 0.857. The Morgan fingerprint density at radius 3 is 1.98 bits per heavy atom. The van der Waals surface area contributed by atoms with E-state index < -0.39 is 13.9 Å². The fraction of sp³-hybridized carbons (Fsp3) is 0.289. The third kappa shape index (κ3) is 6.20. The van der Waals surface area contributed by atoms with Gasteiger partial charge in [0.05, 0.1) is 0 Å². The Hall–Kier alpha value is -3.65. The van der Waals surface area contributed by atoms with E-state index in [0.717, 1.165) is 15.8 Å². The van der Waals surface area contributed by atoms with Gasteiger partial charge in [-0.15, -0.1) is 0 Å². The number of carbonyl (C=O) groups is 1. The molecule has 6 rings (SSSR count). The average molecular weight is 699 g/mol. The molecule has 2 aliphatic heterocycles. The van der Waals surface area contributed by atoms with Crippen LogP contribution in [0, 0.1) is 0 Å². The van der Waals surface area contributed by atoms with Crippen molar-refractivity contribution in [2.45, 2.75) is 50.5 Å². The van der Waals surface area contributed by atoms with Crippen LogP contribution in [0.5, 0.6) is 5.75 Å². The molecule has 0 aromatic heterocycles. The first-order valence-electron chi connectivity index (χ1n) is 15.7. The third-order valence-corrected chi connectivity index (χ3v) is 16.1. The molecule has 1 amide bonds. The predicted molar refractivity (Wildman–Crippen MR) is 185 cm³/mol. The van der Waals surface area contributed by atoms with E-state index in [-0.39, 0.29) is 38.6 Å². The summed E-state index contributed by atoms with van der Waals surface area (Å²) in [6.07, 6.45) is 0.293. The standard InChI is InChI=1S/C38H41NO5SeSi/c1-37(2,3)46(32-16-10-6-11-17-32,33-18-12-7-13-19-33)43-26-30-24-34(45-31-14-8-5-9-15-31)35(44-30)38(41)27-39(36(38)40)25-28-20-22-29(42-4)23-21-28/h5-23,30,41H,24-27H2,1-4H3/t30-,38?/m0/s1. The molecular weight excluding hydrogens is 657 g/mol. The molecule has 6 nitrogen and oxygen atoms in total. The third-order valence-electron chi connectivity index (χ3n) is 8.81. The number of nitrogens with zero attached hydrogens (tertiary/aromatic N) is 1. The first kappa shape index (κ1) is 32.3. The zero-order chi connectivity index (χ0) is 32.4. The molecule has 238 valence electrons. The van der Waals surface area contributed by atoms with Gasteiger partial charge in [0.25, 0.3) is 0 Å². The van der Waals surface area contributed by atoms with Crippen molar-refractivity contribution in [3.8, 4) is 5.75 Å². The van der Waals surface area contributed by atoms with Crippen LogP contribution in [0.2, 0.25) is 5.04 Å². The summed E-state index contributed by atoms with van der Waals surface area (Å²) in [6.45, 7) is 7.73. The van der Waals surface area contributed by atoms with E-state index in [9.17, 15) is 9.90 Å². The number of β-lactam (4-membered cyclic amide) rings is 1. The quantitative estimate of drug-likeness (QED) is 0.186. The molecule has 1 unspecified atom stereocenters. The number of ether oxygens (including phenoxy) is 2. The Morgan fingerprint density at radius 1 is 0.891 bits per heavy atom. The number of rotatable bonds is 11. The summed E-state index contributed by atoms with van der Waals surface area (Å²) < 4.78 is 21.3. The van der Waals surface area contributed by atoms with Crippen molar-refractivity contribution >= 4 is 44.0 Å². The zero-order valence-electron chi connectivity index (χ0n) is 26.8. The number of likely N-dealkylation sites (tertiary alicyclic amines) is 1. The molecule has 8 heteroatoms. The minimum atomic E-state index is -2.79. The van der Waals surface area contributed by atoms with Gasteiger partial charge in [-0.2, -0.15) is 0 Å². The average Bonchev–Trinajstić information content (AvgIpc) is 3.48. The van der Waals surface area contributed by atoms with Crippen LogP contribution >= 0.6 is 0 Å². The van der Waals surface area contributed by atoms with Crippen molar-refractivity contribution in [1.82, 2.24) is 4.90 Å². The number of β-amino-alcohol motifs (C(OH)–C–C–N with tert-alkyl or cyclic N) is 1. The van der Waals surface area contributed by atoms with Crippen LogP contribution in [0.1, 0.15) is 32.8 Å². The fourth-order valence-corrected chi connectivity index (χ4v) is 13.5. The number of amides is 1. The predicted octanol–water partition coefficient (Wildman–Crippen LogP) is 4.38. The van der Waals surface area contributed by atoms with Crippen LogP contribution in [-0.4, -0.2) is 71.2 Å². The van der Waals surface area contributed by atoms with E-state index >= 15 is 0 Å². The van der Waals surface area contributed by atoms with Gasteiger partial charge in [0.1, 0.15) is 0 Å². The molecule has 0 spiro atoms. The van der Waals surface area contributed by atoms with Crippen LogP contribution in [0.15, 0.2) is 125 Å². The summed E-state index contributed by atoms with van der Waals surface area (Å²) in [4.78, 5) is 15.3. The summed E-state index contributed by atoms with van der Waals surface area (Å²) in [5, 5.41) is 14.1. The summed E-state index contributed by atoms with van der Waals surface area (Å²) in [7, 11) is -1.16. The van der Waals surface area contributed by atoms with Crippen LogP contribution < -0.4 is 19.6 Å². The number of benzene rings is 4. The van der Waals surface area contributed by atoms with Crippen LogP contribution in [-0.2, 0) is 20.5 Å². The second kappa shape index (κ2) is 13.2. The van der Waals surface area contributed by atoms with Crippen molar-refractivity contribution in [3.63, 3.8) is 0 Å². The van der Waals surface area contributed by atoms with Crippen molar-refractivity contribution in [1.29, 1.82) is 0 Å². The van der Waals surface area contributed by atoms with Gasteiger partial charge in [-0.05, 0) is 0 Å². The monoisotopic (exact) mass is 699 g/mol. The fourth-order valence-electron chi connectivity index (χ4n) is 6.53. The molecule has 2 aliphatic rings. The summed E-state index contributed by atoms with van der Waals surface area (Å²) in [6, 6.07) is 39.0. The maximum absolute atomic E-state index is 13.6. The van der Waals surface area contributed by atoms with E-state index in [2.05, 4.69) is 81.4 Å². The topological polar surface area (TPSA) is 68.2 Å². The molecule has 2 heterocycles. The Morgan fingerprint density at radius 2 is 1.46 bits per heavy atom. The van der Waals surface area contributed by atoms with Crippen molar-refractivity contribution in [2.24, 2.45) is 0 Å². The van der Waals surface area contributed by atoms with Crippen molar-refractivity contribution in [2.75, 3.05) is 20.3 Å². The number of methoxy groups -OCH3 is 1. The molecule has 4 aromatic rings. The molecule has 4 aromatic carbocycles. The van der Waals surface area contributed by atoms with Gasteiger partial charge in [0.2, 0.25) is 0 Å². The first-order valence-corrected chi connectivity index (χ1v) is 19.3. The van der Waals surface area contributed by atoms with Crippen molar-refractivity contribution in [3.05, 3.63) is 131 Å². The molecule has 1 N–H and O–H groups in total. The number of aliphatic hydroxyl groups is 1. The summed E-state index contributed by atoms with van der Waals surface area (Å²) in [5.41, 5.74) is -0.701. The molecule has 1 saturated heterocycles. The number of carbonyl (C=O) groups excluding carboxylic acids is 1. The number of hydrogen-bond acceptors (Lipinski definition) is 5. The SMILES string of the molecule is COc1ccc(CN2CC(O)(C3=C([Se]c4ccccc4)C[C@@H](CO[Si](c4ccccc4)(c4ccccc4)C(C)(C)C)O3)C2=O)cc1. The van der Waals surface area contributed by atoms with Gasteiger partial charge >= 0.3 is 280 Å². The molecule has 0 aliphatic carbocycles. The van der Waals surface area contributed by atoms with Gasteiger partial charge in [0, 0.05) is 0 Å². The molecule has 0 bridgehead atoms. The van der Waals surface area contributed by atoms with Crippen LogP contribution in [0.3, 0.4) is 0 Å². The van der Waals surface area contributed by atoms with Gasteiger partial charge < -0.3 is 0 Å². The first-order chi connectivity index (χ1) is 22.1. The summed E-state index contributed by atoms with van der Waals surface area (Å²) >= 11 is -0.116. The number of hydrogen-bond donors (Lipinski definition) is 1. The molecule has 2 atom stereocenters. The second-order valence-corrected chi connectivity index (χ2v) is 19.7. The molecule has 0 saturated carbocycles. The maximum atomic E-state index is 13.6. The Bertz CT molecular complexity index is 1640. The molecule has 46 heavy (non-hydrogen) atoms. The van der Waals surface area contributed by atoms with Gasteiger partial charge in [-0.3, -0.25) is 0 Å². The van der Waals surface area contributed by atoms with E-state index in [1.165, 1.54) is 14.8 Å².